The van der Waals surface area contributed by atoms with Gasteiger partial charge in [-0.1, -0.05) is 83.4 Å². The van der Waals surface area contributed by atoms with Gasteiger partial charge in [-0.3, -0.25) is 4.79 Å². The van der Waals surface area contributed by atoms with E-state index in [0.29, 0.717) is 5.57 Å². The summed E-state index contributed by atoms with van der Waals surface area (Å²) in [6, 6.07) is 0. The summed E-state index contributed by atoms with van der Waals surface area (Å²) in [5, 5.41) is 2.88. The van der Waals surface area contributed by atoms with Crippen LogP contribution in [-0.2, 0) is 4.79 Å². The first-order chi connectivity index (χ1) is 11.7. The van der Waals surface area contributed by atoms with E-state index in [4.69, 9.17) is 0 Å². The van der Waals surface area contributed by atoms with E-state index >= 15 is 0 Å². The van der Waals surface area contributed by atoms with Crippen molar-refractivity contribution in [2.45, 2.75) is 104 Å². The highest BCUT2D eigenvalue weighted by Crippen LogP contribution is 2.09. The van der Waals surface area contributed by atoms with Crippen molar-refractivity contribution in [3.05, 3.63) is 24.3 Å². The summed E-state index contributed by atoms with van der Waals surface area (Å²) in [4.78, 5) is 11.3. The summed E-state index contributed by atoms with van der Waals surface area (Å²) in [7, 11) is 0. The molecular formula is C22H41NO. The Morgan fingerprint density at radius 1 is 0.792 bits per heavy atom. The van der Waals surface area contributed by atoms with Gasteiger partial charge in [-0.05, 0) is 39.0 Å². The van der Waals surface area contributed by atoms with Gasteiger partial charge < -0.3 is 5.32 Å². The van der Waals surface area contributed by atoms with Crippen molar-refractivity contribution >= 4 is 5.91 Å². The molecule has 0 aliphatic heterocycles. The molecule has 0 atom stereocenters. The maximum absolute atomic E-state index is 11.3. The Hall–Kier alpha value is -1.05. The van der Waals surface area contributed by atoms with Gasteiger partial charge in [0.2, 0.25) is 5.91 Å². The number of unbranched alkanes of at least 4 members (excludes halogenated alkanes) is 12. The highest BCUT2D eigenvalue weighted by Gasteiger charge is 1.99. The van der Waals surface area contributed by atoms with Gasteiger partial charge in [-0.25, -0.2) is 0 Å². The van der Waals surface area contributed by atoms with Crippen molar-refractivity contribution in [3.8, 4) is 0 Å². The lowest BCUT2D eigenvalue weighted by Crippen LogP contribution is -2.24. The smallest absolute Gasteiger partial charge is 0.246 e. The van der Waals surface area contributed by atoms with Crippen LogP contribution in [0.5, 0.6) is 0 Å². The first-order valence-electron chi connectivity index (χ1n) is 10.3. The minimum atomic E-state index is -0.0113. The normalized spacial score (nSPS) is 11.1. The molecule has 0 aromatic rings. The number of hydrogen-bond donors (Lipinski definition) is 1. The Balaban J connectivity index is 3.15. The van der Waals surface area contributed by atoms with Crippen molar-refractivity contribution in [2.24, 2.45) is 0 Å². The fourth-order valence-electron chi connectivity index (χ4n) is 2.73. The van der Waals surface area contributed by atoms with E-state index < -0.39 is 0 Å². The lowest BCUT2D eigenvalue weighted by Gasteiger charge is -2.04. The van der Waals surface area contributed by atoms with Gasteiger partial charge in [0, 0.05) is 12.1 Å². The van der Waals surface area contributed by atoms with Crippen LogP contribution in [0.2, 0.25) is 0 Å². The summed E-state index contributed by atoms with van der Waals surface area (Å²) >= 11 is 0. The Kier molecular flexibility index (Phi) is 17.5. The number of allylic oxidation sites excluding steroid dienone is 2. The molecule has 24 heavy (non-hydrogen) atoms. The third-order valence-corrected chi connectivity index (χ3v) is 4.36. The van der Waals surface area contributed by atoms with Crippen LogP contribution in [-0.4, -0.2) is 12.5 Å². The molecular weight excluding hydrogens is 294 g/mol. The fraction of sp³-hybridized carbons (Fsp3) is 0.773. The van der Waals surface area contributed by atoms with Crippen LogP contribution in [0.4, 0.5) is 0 Å². The van der Waals surface area contributed by atoms with Gasteiger partial charge >= 0.3 is 0 Å². The van der Waals surface area contributed by atoms with Gasteiger partial charge in [0.05, 0.1) is 0 Å². The molecule has 1 amide bonds. The van der Waals surface area contributed by atoms with Crippen LogP contribution >= 0.6 is 0 Å². The summed E-state index contributed by atoms with van der Waals surface area (Å²) < 4.78 is 0. The topological polar surface area (TPSA) is 29.1 Å². The number of rotatable bonds is 17. The summed E-state index contributed by atoms with van der Waals surface area (Å²) in [5.74, 6) is -0.0113. The molecule has 0 spiro atoms. The molecule has 140 valence electrons. The lowest BCUT2D eigenvalue weighted by molar-refractivity contribution is -0.117. The van der Waals surface area contributed by atoms with Crippen molar-refractivity contribution in [2.75, 3.05) is 6.54 Å². The Labute approximate surface area is 151 Å². The van der Waals surface area contributed by atoms with Crippen molar-refractivity contribution in [1.82, 2.24) is 5.32 Å². The predicted molar refractivity (Wildman–Crippen MR) is 107 cm³/mol. The van der Waals surface area contributed by atoms with E-state index in [2.05, 4.69) is 31.0 Å². The molecule has 0 bridgehead atoms. The minimum Gasteiger partial charge on any atom is -0.352 e. The van der Waals surface area contributed by atoms with Crippen LogP contribution in [0.1, 0.15) is 104 Å². The molecule has 0 saturated carbocycles. The number of amides is 1. The third kappa shape index (κ3) is 17.3. The van der Waals surface area contributed by atoms with E-state index in [1.165, 1.54) is 83.5 Å². The summed E-state index contributed by atoms with van der Waals surface area (Å²) in [6.45, 7) is 8.44. The number of hydrogen-bond acceptors (Lipinski definition) is 1. The van der Waals surface area contributed by atoms with E-state index in [1.54, 1.807) is 6.92 Å². The standard InChI is InChI=1S/C22H41NO/c1-4-5-6-7-8-9-10-11-12-13-14-15-16-17-18-19-20-23-22(24)21(2)3/h11-12H,2,4-10,13-20H2,1,3H3,(H,23,24). The van der Waals surface area contributed by atoms with Crippen LogP contribution in [0.15, 0.2) is 24.3 Å². The Morgan fingerprint density at radius 2 is 1.25 bits per heavy atom. The Morgan fingerprint density at radius 3 is 1.75 bits per heavy atom. The van der Waals surface area contributed by atoms with E-state index in [0.717, 1.165) is 13.0 Å². The number of nitrogens with one attached hydrogen (secondary N) is 1. The second-order valence-corrected chi connectivity index (χ2v) is 6.97. The molecule has 0 saturated heterocycles. The van der Waals surface area contributed by atoms with Crippen LogP contribution < -0.4 is 5.32 Å². The molecule has 0 aliphatic rings. The molecule has 0 unspecified atom stereocenters. The summed E-state index contributed by atoms with van der Waals surface area (Å²) in [5.41, 5.74) is 0.597. The van der Waals surface area contributed by atoms with E-state index in [1.807, 2.05) is 0 Å². The second-order valence-electron chi connectivity index (χ2n) is 6.97. The first kappa shape index (κ1) is 22.9. The van der Waals surface area contributed by atoms with E-state index in [-0.39, 0.29) is 5.91 Å². The minimum absolute atomic E-state index is 0.0113. The molecule has 2 nitrogen and oxygen atoms in total. The highest BCUT2D eigenvalue weighted by atomic mass is 16.1. The van der Waals surface area contributed by atoms with Crippen molar-refractivity contribution in [1.29, 1.82) is 0 Å². The fourth-order valence-corrected chi connectivity index (χ4v) is 2.73. The highest BCUT2D eigenvalue weighted by molar-refractivity contribution is 5.91. The molecule has 0 heterocycles. The zero-order valence-corrected chi connectivity index (χ0v) is 16.4. The van der Waals surface area contributed by atoms with Crippen LogP contribution in [0.3, 0.4) is 0 Å². The van der Waals surface area contributed by atoms with Crippen LogP contribution in [0.25, 0.3) is 0 Å². The molecule has 0 radical (unpaired) electrons. The average molecular weight is 336 g/mol. The largest absolute Gasteiger partial charge is 0.352 e. The second kappa shape index (κ2) is 18.3. The molecule has 2 heteroatoms. The first-order valence-corrected chi connectivity index (χ1v) is 10.3. The summed E-state index contributed by atoms with van der Waals surface area (Å²) in [6.07, 6.45) is 23.1. The zero-order valence-electron chi connectivity index (χ0n) is 16.4. The van der Waals surface area contributed by atoms with Gasteiger partial charge in [0.25, 0.3) is 0 Å². The number of carbonyl (C=O) groups is 1. The molecule has 1 N–H and O–H groups in total. The molecule has 0 fully saturated rings. The third-order valence-electron chi connectivity index (χ3n) is 4.36. The zero-order chi connectivity index (χ0) is 17.9. The van der Waals surface area contributed by atoms with E-state index in [9.17, 15) is 4.79 Å². The number of carbonyl (C=O) groups excluding carboxylic acids is 1. The lowest BCUT2D eigenvalue weighted by atomic mass is 10.1. The predicted octanol–water partition coefficient (Wildman–Crippen LogP) is 6.72. The van der Waals surface area contributed by atoms with Crippen molar-refractivity contribution in [3.63, 3.8) is 0 Å². The van der Waals surface area contributed by atoms with Crippen molar-refractivity contribution < 1.29 is 4.79 Å². The van der Waals surface area contributed by atoms with Gasteiger partial charge in [-0.15, -0.1) is 0 Å². The molecule has 0 aliphatic carbocycles. The average Bonchev–Trinajstić information content (AvgIpc) is 2.57. The maximum atomic E-state index is 11.3. The van der Waals surface area contributed by atoms with Gasteiger partial charge in [0.15, 0.2) is 0 Å². The maximum Gasteiger partial charge on any atom is 0.246 e. The molecule has 0 aromatic heterocycles. The molecule has 0 aromatic carbocycles. The van der Waals surface area contributed by atoms with Crippen LogP contribution in [0, 0.1) is 0 Å². The van der Waals surface area contributed by atoms with Gasteiger partial charge in [0.1, 0.15) is 0 Å². The Bertz CT molecular complexity index is 333. The monoisotopic (exact) mass is 335 g/mol. The van der Waals surface area contributed by atoms with Gasteiger partial charge in [-0.2, -0.15) is 0 Å². The SMILES string of the molecule is C=C(C)C(=O)NCCCCCCCCC=CCCCCCCCC. The molecule has 0 rings (SSSR count). The quantitative estimate of drug-likeness (QED) is 0.178.